The Kier molecular flexibility index (Phi) is 5.96. The molecule has 0 spiro atoms. The molecule has 0 saturated carbocycles. The first-order chi connectivity index (χ1) is 13.5. The predicted octanol–water partition coefficient (Wildman–Crippen LogP) is 4.55. The van der Waals surface area contributed by atoms with Crippen molar-refractivity contribution in [3.63, 3.8) is 0 Å². The van der Waals surface area contributed by atoms with Crippen LogP contribution in [-0.4, -0.2) is 18.5 Å². The summed E-state index contributed by atoms with van der Waals surface area (Å²) in [4.78, 5) is 23.9. The van der Waals surface area contributed by atoms with E-state index in [4.69, 9.17) is 9.47 Å². The van der Waals surface area contributed by atoms with Gasteiger partial charge in [-0.2, -0.15) is 0 Å². The zero-order valence-electron chi connectivity index (χ0n) is 14.5. The quantitative estimate of drug-likeness (QED) is 0.634. The van der Waals surface area contributed by atoms with E-state index in [0.717, 1.165) is 12.1 Å². The van der Waals surface area contributed by atoms with Crippen molar-refractivity contribution in [2.45, 2.75) is 0 Å². The summed E-state index contributed by atoms with van der Waals surface area (Å²) in [5.41, 5.74) is -0.430. The lowest BCUT2D eigenvalue weighted by Crippen LogP contribution is -2.22. The van der Waals surface area contributed by atoms with Crippen LogP contribution in [0.1, 0.15) is 10.4 Å². The van der Waals surface area contributed by atoms with E-state index in [0.29, 0.717) is 11.5 Å². The summed E-state index contributed by atoms with van der Waals surface area (Å²) in [7, 11) is 0. The summed E-state index contributed by atoms with van der Waals surface area (Å²) in [6.45, 7) is -0.698. The van der Waals surface area contributed by atoms with E-state index in [1.165, 1.54) is 18.2 Å². The number of carbonyl (C=O) groups is 2. The molecule has 3 aromatic carbocycles. The highest BCUT2D eigenvalue weighted by Gasteiger charge is 2.15. The highest BCUT2D eigenvalue weighted by Crippen LogP contribution is 2.22. The molecule has 3 aromatic rings. The average Bonchev–Trinajstić information content (AvgIpc) is 2.70. The van der Waals surface area contributed by atoms with Crippen LogP contribution in [0, 0.1) is 11.6 Å². The van der Waals surface area contributed by atoms with Gasteiger partial charge in [0.15, 0.2) is 6.61 Å². The molecule has 0 unspecified atom stereocenters. The maximum absolute atomic E-state index is 13.5. The summed E-state index contributed by atoms with van der Waals surface area (Å²) in [5.74, 6) is -2.48. The highest BCUT2D eigenvalue weighted by molar-refractivity contribution is 5.95. The van der Waals surface area contributed by atoms with Crippen LogP contribution in [0.15, 0.2) is 72.8 Å². The van der Waals surface area contributed by atoms with Crippen molar-refractivity contribution in [2.75, 3.05) is 11.9 Å². The Hall–Kier alpha value is -3.74. The van der Waals surface area contributed by atoms with Gasteiger partial charge in [-0.3, -0.25) is 4.79 Å². The van der Waals surface area contributed by atoms with Gasteiger partial charge in [-0.25, -0.2) is 13.6 Å². The summed E-state index contributed by atoms with van der Waals surface area (Å²) < 4.78 is 37.6. The van der Waals surface area contributed by atoms with Gasteiger partial charge in [0.1, 0.15) is 28.8 Å². The Labute approximate surface area is 159 Å². The number of para-hydroxylation sites is 2. The van der Waals surface area contributed by atoms with Crippen LogP contribution in [0.5, 0.6) is 11.5 Å². The molecule has 0 aromatic heterocycles. The molecule has 0 saturated heterocycles. The summed E-state index contributed by atoms with van der Waals surface area (Å²) in [6.07, 6.45) is 0. The SMILES string of the molecule is O=C(COC(=O)c1cccc(Oc2ccccc2)c1)Nc1c(F)cccc1F. The van der Waals surface area contributed by atoms with Gasteiger partial charge < -0.3 is 14.8 Å². The molecule has 0 aliphatic heterocycles. The van der Waals surface area contributed by atoms with Crippen LogP contribution in [0.25, 0.3) is 0 Å². The molecule has 3 rings (SSSR count). The zero-order valence-corrected chi connectivity index (χ0v) is 14.5. The van der Waals surface area contributed by atoms with Crippen molar-refractivity contribution in [1.82, 2.24) is 0 Å². The maximum atomic E-state index is 13.5. The number of amides is 1. The van der Waals surface area contributed by atoms with E-state index in [1.54, 1.807) is 24.3 Å². The summed E-state index contributed by atoms with van der Waals surface area (Å²) in [5, 5.41) is 2.04. The van der Waals surface area contributed by atoms with Crippen molar-refractivity contribution in [2.24, 2.45) is 0 Å². The number of benzene rings is 3. The standard InChI is InChI=1S/C21H15F2NO4/c22-17-10-5-11-18(23)20(17)24-19(25)13-27-21(26)14-6-4-9-16(12-14)28-15-7-2-1-3-8-15/h1-12H,13H2,(H,24,25). The first kappa shape index (κ1) is 19.0. The van der Waals surface area contributed by atoms with E-state index < -0.39 is 35.8 Å². The second kappa shape index (κ2) is 8.77. The number of carbonyl (C=O) groups excluding carboxylic acids is 2. The second-order valence-electron chi connectivity index (χ2n) is 5.66. The molecule has 5 nitrogen and oxygen atoms in total. The lowest BCUT2D eigenvalue weighted by molar-refractivity contribution is -0.119. The van der Waals surface area contributed by atoms with Crippen LogP contribution < -0.4 is 10.1 Å². The van der Waals surface area contributed by atoms with Gasteiger partial charge >= 0.3 is 5.97 Å². The van der Waals surface area contributed by atoms with Crippen molar-refractivity contribution in [1.29, 1.82) is 0 Å². The van der Waals surface area contributed by atoms with Crippen LogP contribution in [0.2, 0.25) is 0 Å². The summed E-state index contributed by atoms with van der Waals surface area (Å²) in [6, 6.07) is 18.4. The van der Waals surface area contributed by atoms with E-state index >= 15 is 0 Å². The van der Waals surface area contributed by atoms with Crippen LogP contribution in [0.3, 0.4) is 0 Å². The van der Waals surface area contributed by atoms with Crippen molar-refractivity contribution < 1.29 is 27.8 Å². The first-order valence-electron chi connectivity index (χ1n) is 8.27. The van der Waals surface area contributed by atoms with Crippen molar-refractivity contribution in [3.8, 4) is 11.5 Å². The molecule has 0 heterocycles. The minimum Gasteiger partial charge on any atom is -0.457 e. The van der Waals surface area contributed by atoms with Crippen LogP contribution in [0.4, 0.5) is 14.5 Å². The lowest BCUT2D eigenvalue weighted by Gasteiger charge is -2.09. The minimum atomic E-state index is -0.926. The number of ether oxygens (including phenoxy) is 2. The fourth-order valence-electron chi connectivity index (χ4n) is 2.32. The Bertz CT molecular complexity index is 972. The molecule has 0 bridgehead atoms. The van der Waals surface area contributed by atoms with Gasteiger partial charge in [0, 0.05) is 0 Å². The number of anilines is 1. The fraction of sp³-hybridized carbons (Fsp3) is 0.0476. The van der Waals surface area contributed by atoms with Gasteiger partial charge in [-0.15, -0.1) is 0 Å². The maximum Gasteiger partial charge on any atom is 0.338 e. The average molecular weight is 383 g/mol. The van der Waals surface area contributed by atoms with Crippen molar-refractivity contribution in [3.05, 3.63) is 90.0 Å². The molecular weight excluding hydrogens is 368 g/mol. The number of hydrogen-bond acceptors (Lipinski definition) is 4. The van der Waals surface area contributed by atoms with E-state index in [9.17, 15) is 18.4 Å². The summed E-state index contributed by atoms with van der Waals surface area (Å²) >= 11 is 0. The van der Waals surface area contributed by atoms with Gasteiger partial charge in [-0.05, 0) is 42.5 Å². The third kappa shape index (κ3) is 4.91. The Balaban J connectivity index is 1.59. The van der Waals surface area contributed by atoms with Gasteiger partial charge in [-0.1, -0.05) is 30.3 Å². The minimum absolute atomic E-state index is 0.165. The topological polar surface area (TPSA) is 64.6 Å². The molecule has 1 N–H and O–H groups in total. The fourth-order valence-corrected chi connectivity index (χ4v) is 2.32. The smallest absolute Gasteiger partial charge is 0.338 e. The normalized spacial score (nSPS) is 10.2. The molecule has 0 aliphatic carbocycles. The largest absolute Gasteiger partial charge is 0.457 e. The van der Waals surface area contributed by atoms with E-state index in [2.05, 4.69) is 0 Å². The molecule has 7 heteroatoms. The molecule has 0 atom stereocenters. The Morgan fingerprint density at radius 3 is 2.18 bits per heavy atom. The van der Waals surface area contributed by atoms with Gasteiger partial charge in [0.25, 0.3) is 5.91 Å². The third-order valence-corrected chi connectivity index (χ3v) is 3.61. The molecule has 28 heavy (non-hydrogen) atoms. The van der Waals surface area contributed by atoms with Crippen LogP contribution >= 0.6 is 0 Å². The molecule has 1 amide bonds. The van der Waals surface area contributed by atoms with E-state index in [1.807, 2.05) is 23.5 Å². The third-order valence-electron chi connectivity index (χ3n) is 3.61. The number of nitrogens with one attached hydrogen (secondary N) is 1. The molecule has 0 aliphatic rings. The number of halogens is 2. The van der Waals surface area contributed by atoms with E-state index in [-0.39, 0.29) is 5.56 Å². The van der Waals surface area contributed by atoms with Crippen LogP contribution in [-0.2, 0) is 9.53 Å². The van der Waals surface area contributed by atoms with Gasteiger partial charge in [0.2, 0.25) is 0 Å². The number of hydrogen-bond donors (Lipinski definition) is 1. The zero-order chi connectivity index (χ0) is 19.9. The molecule has 0 fully saturated rings. The Morgan fingerprint density at radius 1 is 0.821 bits per heavy atom. The Morgan fingerprint density at radius 2 is 1.46 bits per heavy atom. The van der Waals surface area contributed by atoms with Crippen molar-refractivity contribution >= 4 is 17.6 Å². The highest BCUT2D eigenvalue weighted by atomic mass is 19.1. The molecular formula is C21H15F2NO4. The van der Waals surface area contributed by atoms with Gasteiger partial charge in [0.05, 0.1) is 5.56 Å². The monoisotopic (exact) mass is 383 g/mol. The molecule has 142 valence electrons. The lowest BCUT2D eigenvalue weighted by atomic mass is 10.2. The second-order valence-corrected chi connectivity index (χ2v) is 5.66. The number of esters is 1. The predicted molar refractivity (Wildman–Crippen MR) is 98.2 cm³/mol. The first-order valence-corrected chi connectivity index (χ1v) is 8.27. The molecule has 0 radical (unpaired) electrons. The number of rotatable bonds is 6.